The number of amides is 1. The van der Waals surface area contributed by atoms with Gasteiger partial charge in [-0.15, -0.1) is 0 Å². The number of nitrogens with zero attached hydrogens (tertiary/aromatic N) is 2. The van der Waals surface area contributed by atoms with Crippen LogP contribution in [-0.2, 0) is 4.74 Å². The Morgan fingerprint density at radius 1 is 1.14 bits per heavy atom. The zero-order valence-corrected chi connectivity index (χ0v) is 17.3. The molecule has 1 saturated heterocycles. The number of non-ortho nitro benzene ring substituents is 1. The highest BCUT2D eigenvalue weighted by atomic mass is 35.5. The van der Waals surface area contributed by atoms with E-state index in [1.807, 2.05) is 4.90 Å². The predicted molar refractivity (Wildman–Crippen MR) is 116 cm³/mol. The van der Waals surface area contributed by atoms with Crippen LogP contribution < -0.4 is 15.5 Å². The first-order chi connectivity index (χ1) is 13.8. The molecule has 0 saturated carbocycles. The van der Waals surface area contributed by atoms with Gasteiger partial charge in [0.2, 0.25) is 0 Å². The van der Waals surface area contributed by atoms with E-state index in [-0.39, 0.29) is 16.4 Å². The molecule has 1 heterocycles. The van der Waals surface area contributed by atoms with Crippen LogP contribution in [0.15, 0.2) is 36.4 Å². The minimum absolute atomic E-state index is 0.0211. The SMILES string of the molecule is O=C(NC(=S)Nc1ccc(Cl)c(Cl)c1)c1cc([N+](=O)[O-])ccc1N1CCOCC1. The van der Waals surface area contributed by atoms with E-state index in [2.05, 4.69) is 10.6 Å². The lowest BCUT2D eigenvalue weighted by Crippen LogP contribution is -2.39. The molecule has 1 fully saturated rings. The number of nitrogens with one attached hydrogen (secondary N) is 2. The highest BCUT2D eigenvalue weighted by Gasteiger charge is 2.22. The quantitative estimate of drug-likeness (QED) is 0.411. The van der Waals surface area contributed by atoms with Gasteiger partial charge in [-0.2, -0.15) is 0 Å². The van der Waals surface area contributed by atoms with Crippen molar-refractivity contribution in [2.45, 2.75) is 0 Å². The second-order valence-corrected chi connectivity index (χ2v) is 7.32. The van der Waals surface area contributed by atoms with Crippen molar-refractivity contribution >= 4 is 63.5 Å². The molecule has 8 nitrogen and oxygen atoms in total. The summed E-state index contributed by atoms with van der Waals surface area (Å²) < 4.78 is 5.33. The summed E-state index contributed by atoms with van der Waals surface area (Å²) >= 11 is 17.0. The third kappa shape index (κ3) is 5.33. The number of nitro groups is 1. The van der Waals surface area contributed by atoms with E-state index in [4.69, 9.17) is 40.2 Å². The molecule has 2 aromatic carbocycles. The molecule has 1 aliphatic heterocycles. The number of hydrogen-bond donors (Lipinski definition) is 2. The van der Waals surface area contributed by atoms with Gasteiger partial charge in [-0.05, 0) is 36.5 Å². The van der Waals surface area contributed by atoms with Crippen LogP contribution in [-0.4, -0.2) is 42.2 Å². The van der Waals surface area contributed by atoms with Crippen molar-refractivity contribution in [1.82, 2.24) is 5.32 Å². The number of carbonyl (C=O) groups is 1. The summed E-state index contributed by atoms with van der Waals surface area (Å²) in [4.78, 5) is 25.4. The minimum atomic E-state index is -0.562. The van der Waals surface area contributed by atoms with E-state index < -0.39 is 10.8 Å². The number of hydrogen-bond acceptors (Lipinski definition) is 6. The maximum absolute atomic E-state index is 12.8. The summed E-state index contributed by atoms with van der Waals surface area (Å²) in [5.74, 6) is -0.562. The van der Waals surface area contributed by atoms with Crippen LogP contribution in [0.3, 0.4) is 0 Å². The maximum Gasteiger partial charge on any atom is 0.270 e. The average molecular weight is 455 g/mol. The van der Waals surface area contributed by atoms with Gasteiger partial charge in [0.25, 0.3) is 11.6 Å². The largest absolute Gasteiger partial charge is 0.378 e. The average Bonchev–Trinajstić information content (AvgIpc) is 2.70. The Kier molecular flexibility index (Phi) is 6.86. The van der Waals surface area contributed by atoms with Crippen LogP contribution in [0.4, 0.5) is 17.1 Å². The molecule has 2 N–H and O–H groups in total. The highest BCUT2D eigenvalue weighted by molar-refractivity contribution is 7.80. The van der Waals surface area contributed by atoms with E-state index in [9.17, 15) is 14.9 Å². The van der Waals surface area contributed by atoms with Gasteiger partial charge >= 0.3 is 0 Å². The first kappa shape index (κ1) is 21.3. The number of halogens is 2. The summed E-state index contributed by atoms with van der Waals surface area (Å²) in [5, 5.41) is 17.3. The lowest BCUT2D eigenvalue weighted by atomic mass is 10.1. The van der Waals surface area contributed by atoms with Crippen LogP contribution in [0.5, 0.6) is 0 Å². The number of morpholine rings is 1. The van der Waals surface area contributed by atoms with E-state index in [0.717, 1.165) is 0 Å². The molecular weight excluding hydrogens is 439 g/mol. The number of carbonyl (C=O) groups excluding carboxylic acids is 1. The zero-order valence-electron chi connectivity index (χ0n) is 15.0. The Morgan fingerprint density at radius 3 is 2.52 bits per heavy atom. The van der Waals surface area contributed by atoms with Gasteiger partial charge in [-0.25, -0.2) is 0 Å². The van der Waals surface area contributed by atoms with Gasteiger partial charge in [0, 0.05) is 30.9 Å². The molecule has 0 spiro atoms. The Hall–Kier alpha value is -2.46. The normalized spacial score (nSPS) is 13.7. The number of nitro benzene ring substituents is 1. The van der Waals surface area contributed by atoms with Crippen molar-refractivity contribution in [1.29, 1.82) is 0 Å². The van der Waals surface area contributed by atoms with Crippen molar-refractivity contribution in [3.63, 3.8) is 0 Å². The fourth-order valence-electron chi connectivity index (χ4n) is 2.81. The van der Waals surface area contributed by atoms with Gasteiger partial charge in [0.05, 0.1) is 39.4 Å². The van der Waals surface area contributed by atoms with Crippen molar-refractivity contribution in [3.05, 3.63) is 62.1 Å². The summed E-state index contributed by atoms with van der Waals surface area (Å²) in [5.41, 5.74) is 1.08. The Morgan fingerprint density at radius 2 is 1.86 bits per heavy atom. The third-order valence-electron chi connectivity index (χ3n) is 4.19. The molecule has 1 aliphatic rings. The van der Waals surface area contributed by atoms with Crippen LogP contribution in [0.1, 0.15) is 10.4 Å². The molecule has 0 unspecified atom stereocenters. The molecule has 0 atom stereocenters. The fraction of sp³-hybridized carbons (Fsp3) is 0.222. The summed E-state index contributed by atoms with van der Waals surface area (Å²) in [7, 11) is 0. The molecule has 0 aromatic heterocycles. The van der Waals surface area contributed by atoms with E-state index in [1.165, 1.54) is 12.1 Å². The Labute approximate surface area is 181 Å². The lowest BCUT2D eigenvalue weighted by molar-refractivity contribution is -0.384. The van der Waals surface area contributed by atoms with Gasteiger partial charge in [0.1, 0.15) is 0 Å². The maximum atomic E-state index is 12.8. The first-order valence-electron chi connectivity index (χ1n) is 8.53. The molecule has 29 heavy (non-hydrogen) atoms. The topological polar surface area (TPSA) is 96.7 Å². The monoisotopic (exact) mass is 454 g/mol. The second kappa shape index (κ2) is 9.36. The van der Waals surface area contributed by atoms with Crippen molar-refractivity contribution in [3.8, 4) is 0 Å². The minimum Gasteiger partial charge on any atom is -0.378 e. The lowest BCUT2D eigenvalue weighted by Gasteiger charge is -2.30. The molecule has 1 amide bonds. The highest BCUT2D eigenvalue weighted by Crippen LogP contribution is 2.27. The van der Waals surface area contributed by atoms with E-state index in [1.54, 1.807) is 24.3 Å². The third-order valence-corrected chi connectivity index (χ3v) is 5.14. The Balaban J connectivity index is 1.80. The van der Waals surface area contributed by atoms with Gasteiger partial charge in [0.15, 0.2) is 5.11 Å². The van der Waals surface area contributed by atoms with Crippen molar-refractivity contribution < 1.29 is 14.5 Å². The Bertz CT molecular complexity index is 967. The number of rotatable bonds is 4. The van der Waals surface area contributed by atoms with Gasteiger partial charge in [-0.3, -0.25) is 20.2 Å². The zero-order chi connectivity index (χ0) is 21.0. The molecule has 2 aromatic rings. The molecule has 3 rings (SSSR count). The fourth-order valence-corrected chi connectivity index (χ4v) is 3.31. The van der Waals surface area contributed by atoms with Crippen molar-refractivity contribution in [2.75, 3.05) is 36.5 Å². The van der Waals surface area contributed by atoms with Crippen LogP contribution >= 0.6 is 35.4 Å². The number of anilines is 2. The standard InChI is InChI=1S/C18H16Cl2N4O4S/c19-14-3-1-11(9-15(14)20)21-18(29)22-17(25)13-10-12(24(26)27)2-4-16(13)23-5-7-28-8-6-23/h1-4,9-10H,5-8H2,(H2,21,22,25,29). The predicted octanol–water partition coefficient (Wildman–Crippen LogP) is 3.87. The number of benzene rings is 2. The molecule has 0 radical (unpaired) electrons. The number of thiocarbonyl (C=S) groups is 1. The first-order valence-corrected chi connectivity index (χ1v) is 9.70. The van der Waals surface area contributed by atoms with Crippen LogP contribution in [0, 0.1) is 10.1 Å². The van der Waals surface area contributed by atoms with E-state index in [0.29, 0.717) is 47.7 Å². The van der Waals surface area contributed by atoms with Crippen LogP contribution in [0.2, 0.25) is 10.0 Å². The van der Waals surface area contributed by atoms with Gasteiger partial charge in [-0.1, -0.05) is 23.2 Å². The summed E-state index contributed by atoms with van der Waals surface area (Å²) in [6, 6.07) is 8.98. The smallest absolute Gasteiger partial charge is 0.270 e. The van der Waals surface area contributed by atoms with E-state index >= 15 is 0 Å². The second-order valence-electron chi connectivity index (χ2n) is 6.10. The molecule has 11 heteroatoms. The summed E-state index contributed by atoms with van der Waals surface area (Å²) in [6.07, 6.45) is 0. The molecule has 0 bridgehead atoms. The number of ether oxygens (including phenoxy) is 1. The molecule has 152 valence electrons. The molecule has 0 aliphatic carbocycles. The van der Waals surface area contributed by atoms with Crippen LogP contribution in [0.25, 0.3) is 0 Å². The van der Waals surface area contributed by atoms with Gasteiger partial charge < -0.3 is 15.0 Å². The summed E-state index contributed by atoms with van der Waals surface area (Å²) in [6.45, 7) is 2.17. The van der Waals surface area contributed by atoms with Crippen molar-refractivity contribution in [2.24, 2.45) is 0 Å². The molecular formula is C18H16Cl2N4O4S.